The van der Waals surface area contributed by atoms with Crippen LogP contribution in [0, 0.1) is 6.92 Å². The number of hydrogen-bond acceptors (Lipinski definition) is 8. The van der Waals surface area contributed by atoms with Crippen LogP contribution in [0.5, 0.6) is 0 Å². The molecule has 10 nitrogen and oxygen atoms in total. The van der Waals surface area contributed by atoms with Crippen molar-refractivity contribution >= 4 is 76.6 Å². The molecule has 4 heterocycles. The number of anilines is 1. The molecule has 3 aliphatic heterocycles. The third kappa shape index (κ3) is 11.4. The topological polar surface area (TPSA) is 105 Å². The van der Waals surface area contributed by atoms with Crippen LogP contribution in [-0.2, 0) is 23.1 Å². The molecule has 2 aromatic rings. The van der Waals surface area contributed by atoms with E-state index in [1.54, 1.807) is 12.1 Å². The Bertz CT molecular complexity index is 1580. The zero-order valence-electron chi connectivity index (χ0n) is 32.2. The van der Waals surface area contributed by atoms with Crippen molar-refractivity contribution in [3.05, 3.63) is 28.3 Å². The van der Waals surface area contributed by atoms with E-state index in [1.165, 1.54) is 69.5 Å². The molecule has 3 aliphatic rings. The van der Waals surface area contributed by atoms with Crippen LogP contribution in [0.25, 0.3) is 0 Å². The number of nitrogens with two attached hydrogens (primary N) is 1. The predicted molar refractivity (Wildman–Crippen MR) is 224 cm³/mol. The van der Waals surface area contributed by atoms with Gasteiger partial charge in [-0.2, -0.15) is 13.4 Å². The van der Waals surface area contributed by atoms with Crippen molar-refractivity contribution in [2.24, 2.45) is 4.40 Å². The second-order valence-corrected chi connectivity index (χ2v) is 18.2. The summed E-state index contributed by atoms with van der Waals surface area (Å²) in [5.41, 5.74) is 7.43. The highest BCUT2D eigenvalue weighted by atomic mass is 35.5. The van der Waals surface area contributed by atoms with Crippen molar-refractivity contribution in [3.8, 4) is 0 Å². The first-order valence-corrected chi connectivity index (χ1v) is 21.5. The van der Waals surface area contributed by atoms with Gasteiger partial charge in [0.2, 0.25) is 5.95 Å². The van der Waals surface area contributed by atoms with Crippen molar-refractivity contribution in [1.29, 1.82) is 0 Å². The van der Waals surface area contributed by atoms with Gasteiger partial charge in [-0.1, -0.05) is 30.9 Å². The van der Waals surface area contributed by atoms with E-state index in [0.717, 1.165) is 25.4 Å². The number of aromatic nitrogens is 3. The number of sulfonamides is 1. The first-order valence-electron chi connectivity index (χ1n) is 18.7. The Morgan fingerprint density at radius 1 is 0.731 bits per heavy atom. The lowest BCUT2D eigenvalue weighted by molar-refractivity contribution is 0.0883. The van der Waals surface area contributed by atoms with Gasteiger partial charge >= 0.3 is 0 Å². The molecule has 52 heavy (non-hydrogen) atoms. The largest absolute Gasteiger partial charge is 0.368 e. The highest BCUT2D eigenvalue weighted by Gasteiger charge is 2.29. The normalized spacial score (nSPS) is 26.7. The highest BCUT2D eigenvalue weighted by molar-refractivity contribution is 8.00. The molecule has 3 fully saturated rings. The monoisotopic (exact) mass is 844 g/mol. The van der Waals surface area contributed by atoms with E-state index in [0.29, 0.717) is 64.8 Å². The maximum absolute atomic E-state index is 14.3. The van der Waals surface area contributed by atoms with Crippen LogP contribution in [0.15, 0.2) is 26.3 Å². The Labute approximate surface area is 341 Å². The van der Waals surface area contributed by atoms with Gasteiger partial charge in [0.25, 0.3) is 15.6 Å². The number of halogens is 4. The van der Waals surface area contributed by atoms with E-state index >= 15 is 0 Å². The molecule has 5 rings (SSSR count). The number of thioether (sulfide) groups is 1. The zero-order valence-corrected chi connectivity index (χ0v) is 37.0. The summed E-state index contributed by atoms with van der Waals surface area (Å²) in [6.07, 6.45) is 10.8. The van der Waals surface area contributed by atoms with Gasteiger partial charge in [-0.05, 0) is 105 Å². The molecule has 300 valence electrons. The fourth-order valence-corrected chi connectivity index (χ4v) is 11.2. The van der Waals surface area contributed by atoms with Crippen molar-refractivity contribution < 1.29 is 8.42 Å². The third-order valence-electron chi connectivity index (χ3n) is 11.6. The Balaban J connectivity index is 0.00000312. The first-order chi connectivity index (χ1) is 23.3. The van der Waals surface area contributed by atoms with Gasteiger partial charge in [0, 0.05) is 71.6 Å². The summed E-state index contributed by atoms with van der Waals surface area (Å²) in [4.78, 5) is 13.0. The van der Waals surface area contributed by atoms with Gasteiger partial charge in [-0.3, -0.25) is 19.4 Å². The van der Waals surface area contributed by atoms with E-state index in [2.05, 4.69) is 65.6 Å². The molecule has 6 unspecified atom stereocenters. The summed E-state index contributed by atoms with van der Waals surface area (Å²) in [6, 6.07) is 6.41. The smallest absolute Gasteiger partial charge is 0.286 e. The minimum absolute atomic E-state index is 0. The summed E-state index contributed by atoms with van der Waals surface area (Å²) < 4.78 is 36.9. The summed E-state index contributed by atoms with van der Waals surface area (Å²) in [5.74, 6) is 1.05. The lowest BCUT2D eigenvalue weighted by Crippen LogP contribution is -2.47. The molecule has 16 heteroatoms. The predicted octanol–water partition coefficient (Wildman–Crippen LogP) is 7.66. The molecule has 1 aromatic carbocycles. The van der Waals surface area contributed by atoms with Crippen molar-refractivity contribution in [2.45, 2.75) is 165 Å². The summed E-state index contributed by atoms with van der Waals surface area (Å²) in [6.45, 7) is 19.2. The van der Waals surface area contributed by atoms with E-state index in [-0.39, 0.29) is 53.7 Å². The number of nitrogens with zero attached hydrogens (tertiary/aromatic N) is 7. The number of likely N-dealkylation sites (tertiary alicyclic amines) is 3. The lowest BCUT2D eigenvalue weighted by atomic mass is 9.98. The minimum atomic E-state index is -4.15. The number of hydrogen-bond donors (Lipinski definition) is 1. The Kier molecular flexibility index (Phi) is 19.2. The van der Waals surface area contributed by atoms with E-state index in [4.69, 9.17) is 17.3 Å². The molecular weight excluding hydrogens is 782 g/mol. The van der Waals surface area contributed by atoms with Crippen LogP contribution < -0.4 is 11.4 Å². The highest BCUT2D eigenvalue weighted by Crippen LogP contribution is 2.34. The Hall–Kier alpha value is -0.700. The molecule has 0 amide bonds. The van der Waals surface area contributed by atoms with Gasteiger partial charge in [0.15, 0.2) is 0 Å². The molecule has 3 saturated heterocycles. The average Bonchev–Trinajstić information content (AvgIpc) is 3.32. The van der Waals surface area contributed by atoms with E-state index in [1.807, 2.05) is 16.3 Å². The molecule has 0 saturated carbocycles. The van der Waals surface area contributed by atoms with Gasteiger partial charge in [-0.25, -0.2) is 4.68 Å². The molecule has 2 N–H and O–H groups in total. The van der Waals surface area contributed by atoms with Crippen LogP contribution in [-0.4, -0.2) is 99.1 Å². The Morgan fingerprint density at radius 3 is 1.62 bits per heavy atom. The van der Waals surface area contributed by atoms with Crippen LogP contribution in [0.2, 0.25) is 5.02 Å². The van der Waals surface area contributed by atoms with E-state index < -0.39 is 10.0 Å². The number of piperidine rings is 3. The number of nitrogen functional groups attached to an aromatic ring is 1. The molecule has 0 radical (unpaired) electrons. The molecule has 1 aromatic heterocycles. The molecular formula is C36H64Cl4N8O2S2. The van der Waals surface area contributed by atoms with E-state index in [9.17, 15) is 8.42 Å². The van der Waals surface area contributed by atoms with Crippen molar-refractivity contribution in [2.75, 3.05) is 31.1 Å². The minimum Gasteiger partial charge on any atom is -0.368 e. The number of rotatable bonds is 12. The van der Waals surface area contributed by atoms with Crippen molar-refractivity contribution in [1.82, 2.24) is 29.0 Å². The molecule has 0 aliphatic carbocycles. The number of benzene rings is 1. The summed E-state index contributed by atoms with van der Waals surface area (Å²) in [7, 11) is -4.15. The fraction of sp³-hybridized carbons (Fsp3) is 0.778. The Morgan fingerprint density at radius 2 is 1.15 bits per heavy atom. The molecule has 6 atom stereocenters. The first kappa shape index (κ1) is 47.5. The standard InChI is InChI=1S/C36H61ClN8O2S2.3ClH/c1-25-23-34(33(24-32(25)37)48-22-21-43-30(6)15-10-16-31(43)7)49(46,47)40-36-39-35(38)44(19-17-41-26(2)11-8-12-27(41)3)45(36)20-18-42-28(4)13-9-14-29(42)5;;;/h23-24,26-31H,8-22H2,1-7H3,(H2,38,39,40);3*1H. The second-order valence-electron chi connectivity index (χ2n) is 15.1. The molecule has 0 spiro atoms. The lowest BCUT2D eigenvalue weighted by Gasteiger charge is -2.39. The zero-order chi connectivity index (χ0) is 35.5. The number of aryl methyl sites for hydroxylation is 1. The summed E-state index contributed by atoms with van der Waals surface area (Å²) in [5, 5.41) is 0.552. The second kappa shape index (κ2) is 21.0. The quantitative estimate of drug-likeness (QED) is 0.217. The SMILES string of the molecule is Cc1cc(S(=O)(=O)/N=c2/nc(N)n(CCN3C(C)CCCC3C)n2CCN2C(C)CCCC2C)c(SCCN2C(C)CCCC2C)cc1Cl.Cl.Cl.Cl. The van der Waals surface area contributed by atoms with Crippen LogP contribution >= 0.6 is 60.6 Å². The van der Waals surface area contributed by atoms with Crippen LogP contribution in [0.1, 0.15) is 105 Å². The van der Waals surface area contributed by atoms with Gasteiger partial charge in [0.05, 0.1) is 13.1 Å². The van der Waals surface area contributed by atoms with Crippen molar-refractivity contribution in [3.63, 3.8) is 0 Å². The van der Waals surface area contributed by atoms with Gasteiger partial charge in [-0.15, -0.1) is 53.4 Å². The maximum atomic E-state index is 14.3. The average molecular weight is 847 g/mol. The fourth-order valence-electron chi connectivity index (χ4n) is 8.51. The van der Waals surface area contributed by atoms with Crippen LogP contribution in [0.4, 0.5) is 5.95 Å². The maximum Gasteiger partial charge on any atom is 0.286 e. The third-order valence-corrected chi connectivity index (χ3v) is 14.5. The molecule has 0 bridgehead atoms. The van der Waals surface area contributed by atoms with Gasteiger partial charge in [0.1, 0.15) is 4.90 Å². The van der Waals surface area contributed by atoms with Gasteiger partial charge < -0.3 is 5.73 Å². The summed E-state index contributed by atoms with van der Waals surface area (Å²) >= 11 is 8.12. The van der Waals surface area contributed by atoms with Crippen LogP contribution in [0.3, 0.4) is 0 Å².